The third-order valence-electron chi connectivity index (χ3n) is 3.80. The average molecular weight is 162 g/mol. The first-order valence-corrected chi connectivity index (χ1v) is 4.77. The Labute approximate surface area is 72.8 Å². The van der Waals surface area contributed by atoms with Gasteiger partial charge in [-0.3, -0.25) is 0 Å². The van der Waals surface area contributed by atoms with Gasteiger partial charge in [0, 0.05) is 0 Å². The van der Waals surface area contributed by atoms with Crippen LogP contribution in [0.5, 0.6) is 0 Å². The lowest BCUT2D eigenvalue weighted by molar-refractivity contribution is 0.0362. The standard InChI is InChI=1S/C11H14O/c1-11(12)6-7-4-2-3-5-8-9(7)10(8)11/h2-5,7-10,12H,6H2,1H3. The monoisotopic (exact) mass is 162 g/mol. The van der Waals surface area contributed by atoms with E-state index in [4.69, 9.17) is 0 Å². The normalized spacial score (nSPS) is 59.8. The highest BCUT2D eigenvalue weighted by Gasteiger charge is 2.65. The van der Waals surface area contributed by atoms with Crippen LogP contribution < -0.4 is 0 Å². The zero-order valence-electron chi connectivity index (χ0n) is 7.27. The van der Waals surface area contributed by atoms with Gasteiger partial charge in [0.1, 0.15) is 0 Å². The molecular weight excluding hydrogens is 148 g/mol. The van der Waals surface area contributed by atoms with E-state index in [0.29, 0.717) is 17.8 Å². The molecule has 3 rings (SSSR count). The summed E-state index contributed by atoms with van der Waals surface area (Å²) in [6, 6.07) is 0. The van der Waals surface area contributed by atoms with Crippen LogP contribution in [-0.4, -0.2) is 10.7 Å². The zero-order chi connectivity index (χ0) is 8.34. The Hall–Kier alpha value is -0.560. The lowest BCUT2D eigenvalue weighted by Gasteiger charge is -2.21. The van der Waals surface area contributed by atoms with E-state index >= 15 is 0 Å². The van der Waals surface area contributed by atoms with Gasteiger partial charge in [0.15, 0.2) is 0 Å². The van der Waals surface area contributed by atoms with Crippen LogP contribution in [0.2, 0.25) is 0 Å². The fourth-order valence-electron chi connectivity index (χ4n) is 3.33. The molecule has 0 spiro atoms. The molecule has 0 aromatic rings. The minimum atomic E-state index is -0.390. The van der Waals surface area contributed by atoms with Crippen LogP contribution in [0.1, 0.15) is 13.3 Å². The maximum atomic E-state index is 10.1. The molecule has 0 bridgehead atoms. The van der Waals surface area contributed by atoms with Crippen LogP contribution in [0.4, 0.5) is 0 Å². The van der Waals surface area contributed by atoms with Crippen molar-refractivity contribution in [1.82, 2.24) is 0 Å². The van der Waals surface area contributed by atoms with E-state index in [9.17, 15) is 5.11 Å². The van der Waals surface area contributed by atoms with Crippen LogP contribution in [-0.2, 0) is 0 Å². The average Bonchev–Trinajstić information content (AvgIpc) is 2.62. The summed E-state index contributed by atoms with van der Waals surface area (Å²) in [5, 5.41) is 10.1. The zero-order valence-corrected chi connectivity index (χ0v) is 7.27. The summed E-state index contributed by atoms with van der Waals surface area (Å²) in [7, 11) is 0. The highest BCUT2D eigenvalue weighted by Crippen LogP contribution is 2.66. The molecule has 0 radical (unpaired) electrons. The first-order valence-electron chi connectivity index (χ1n) is 4.77. The number of fused-ring (bicyclic) bond motifs is 1. The third kappa shape index (κ3) is 0.680. The molecule has 1 N–H and O–H groups in total. The lowest BCUT2D eigenvalue weighted by atomic mass is 9.92. The molecule has 0 aromatic carbocycles. The van der Waals surface area contributed by atoms with Gasteiger partial charge in [-0.15, -0.1) is 0 Å². The van der Waals surface area contributed by atoms with Gasteiger partial charge in [-0.1, -0.05) is 24.3 Å². The van der Waals surface area contributed by atoms with Crippen LogP contribution in [0.15, 0.2) is 24.3 Å². The molecule has 2 fully saturated rings. The van der Waals surface area contributed by atoms with Gasteiger partial charge in [-0.2, -0.15) is 0 Å². The number of hydrogen-bond donors (Lipinski definition) is 1. The van der Waals surface area contributed by atoms with Crippen molar-refractivity contribution in [2.75, 3.05) is 0 Å². The molecule has 1 nitrogen and oxygen atoms in total. The fraction of sp³-hybridized carbons (Fsp3) is 0.636. The van der Waals surface area contributed by atoms with E-state index in [2.05, 4.69) is 24.3 Å². The molecule has 3 aliphatic rings. The Morgan fingerprint density at radius 1 is 1.33 bits per heavy atom. The number of allylic oxidation sites excluding steroid dienone is 4. The first-order chi connectivity index (χ1) is 5.70. The highest BCUT2D eigenvalue weighted by atomic mass is 16.3. The number of aliphatic hydroxyl groups is 1. The van der Waals surface area contributed by atoms with E-state index in [-0.39, 0.29) is 5.60 Å². The molecule has 0 saturated heterocycles. The summed E-state index contributed by atoms with van der Waals surface area (Å²) in [5.41, 5.74) is -0.390. The molecule has 5 atom stereocenters. The Bertz CT molecular complexity index is 275. The van der Waals surface area contributed by atoms with Crippen molar-refractivity contribution >= 4 is 0 Å². The predicted molar refractivity (Wildman–Crippen MR) is 47.5 cm³/mol. The number of hydrogen-bond acceptors (Lipinski definition) is 1. The Kier molecular flexibility index (Phi) is 1.06. The summed E-state index contributed by atoms with van der Waals surface area (Å²) >= 11 is 0. The van der Waals surface area contributed by atoms with E-state index in [0.717, 1.165) is 12.3 Å². The molecule has 0 amide bonds. The molecule has 5 unspecified atom stereocenters. The molecule has 2 saturated carbocycles. The van der Waals surface area contributed by atoms with Crippen LogP contribution in [0, 0.1) is 23.7 Å². The van der Waals surface area contributed by atoms with Gasteiger partial charge in [-0.25, -0.2) is 0 Å². The van der Waals surface area contributed by atoms with Crippen LogP contribution >= 0.6 is 0 Å². The molecule has 3 aliphatic carbocycles. The van der Waals surface area contributed by atoms with E-state index in [1.165, 1.54) is 0 Å². The smallest absolute Gasteiger partial charge is 0.0662 e. The fourth-order valence-corrected chi connectivity index (χ4v) is 3.33. The van der Waals surface area contributed by atoms with Gasteiger partial charge in [0.05, 0.1) is 5.60 Å². The second kappa shape index (κ2) is 1.85. The summed E-state index contributed by atoms with van der Waals surface area (Å²) in [6.45, 7) is 2.00. The van der Waals surface area contributed by atoms with Crippen molar-refractivity contribution in [1.29, 1.82) is 0 Å². The van der Waals surface area contributed by atoms with E-state index < -0.39 is 0 Å². The molecule has 64 valence electrons. The van der Waals surface area contributed by atoms with Gasteiger partial charge in [0.25, 0.3) is 0 Å². The Balaban J connectivity index is 2.00. The molecular formula is C11H14O. The minimum absolute atomic E-state index is 0.390. The highest BCUT2D eigenvalue weighted by molar-refractivity contribution is 5.28. The van der Waals surface area contributed by atoms with Crippen molar-refractivity contribution in [3.05, 3.63) is 24.3 Å². The summed E-state index contributed by atoms with van der Waals surface area (Å²) in [6.07, 6.45) is 9.77. The Morgan fingerprint density at radius 3 is 2.92 bits per heavy atom. The SMILES string of the molecule is CC1(O)CC2C=CC=CC3C2C31. The summed E-state index contributed by atoms with van der Waals surface area (Å²) < 4.78 is 0. The minimum Gasteiger partial charge on any atom is -0.390 e. The van der Waals surface area contributed by atoms with Gasteiger partial charge in [0.2, 0.25) is 0 Å². The number of rotatable bonds is 0. The molecule has 0 aliphatic heterocycles. The van der Waals surface area contributed by atoms with Crippen molar-refractivity contribution in [2.45, 2.75) is 18.9 Å². The van der Waals surface area contributed by atoms with Crippen molar-refractivity contribution < 1.29 is 5.11 Å². The molecule has 0 heterocycles. The quantitative estimate of drug-likeness (QED) is 0.575. The molecule has 0 aromatic heterocycles. The third-order valence-corrected chi connectivity index (χ3v) is 3.80. The predicted octanol–water partition coefficient (Wildman–Crippen LogP) is 1.75. The maximum Gasteiger partial charge on any atom is 0.0662 e. The molecule has 12 heavy (non-hydrogen) atoms. The second-order valence-corrected chi connectivity index (χ2v) is 4.68. The van der Waals surface area contributed by atoms with Crippen LogP contribution in [0.3, 0.4) is 0 Å². The topological polar surface area (TPSA) is 20.2 Å². The van der Waals surface area contributed by atoms with E-state index in [1.54, 1.807) is 0 Å². The van der Waals surface area contributed by atoms with Crippen molar-refractivity contribution in [3.63, 3.8) is 0 Å². The summed E-state index contributed by atoms with van der Waals surface area (Å²) in [4.78, 5) is 0. The second-order valence-electron chi connectivity index (χ2n) is 4.68. The van der Waals surface area contributed by atoms with Gasteiger partial charge >= 0.3 is 0 Å². The van der Waals surface area contributed by atoms with Crippen molar-refractivity contribution in [2.24, 2.45) is 23.7 Å². The first kappa shape index (κ1) is 6.90. The molecule has 1 heteroatoms. The maximum absolute atomic E-state index is 10.1. The van der Waals surface area contributed by atoms with Gasteiger partial charge in [-0.05, 0) is 37.0 Å². The summed E-state index contributed by atoms with van der Waals surface area (Å²) in [5.74, 6) is 2.64. The Morgan fingerprint density at radius 2 is 2.08 bits per heavy atom. The lowest BCUT2D eigenvalue weighted by Crippen LogP contribution is -2.26. The van der Waals surface area contributed by atoms with E-state index in [1.807, 2.05) is 6.92 Å². The largest absolute Gasteiger partial charge is 0.390 e. The van der Waals surface area contributed by atoms with Crippen LogP contribution in [0.25, 0.3) is 0 Å². The van der Waals surface area contributed by atoms with Crippen molar-refractivity contribution in [3.8, 4) is 0 Å². The van der Waals surface area contributed by atoms with Gasteiger partial charge < -0.3 is 5.11 Å².